The van der Waals surface area contributed by atoms with Gasteiger partial charge in [-0.1, -0.05) is 41.9 Å². The van der Waals surface area contributed by atoms with Gasteiger partial charge in [0, 0.05) is 16.4 Å². The van der Waals surface area contributed by atoms with Crippen LogP contribution in [0.3, 0.4) is 0 Å². The van der Waals surface area contributed by atoms with Crippen LogP contribution in [0.5, 0.6) is 0 Å². The first kappa shape index (κ1) is 12.1. The molecule has 0 amide bonds. The number of benzene rings is 1. The van der Waals surface area contributed by atoms with Gasteiger partial charge in [-0.2, -0.15) is 0 Å². The van der Waals surface area contributed by atoms with E-state index in [2.05, 4.69) is 54.2 Å². The summed E-state index contributed by atoms with van der Waals surface area (Å²) < 4.78 is 7.07. The lowest BCUT2D eigenvalue weighted by atomic mass is 9.90. The van der Waals surface area contributed by atoms with Gasteiger partial charge in [-0.05, 0) is 24.6 Å². The molecule has 1 aliphatic rings. The Hall–Kier alpha value is -0.380. The highest BCUT2D eigenvalue weighted by Gasteiger charge is 2.36. The Morgan fingerprint density at radius 3 is 2.62 bits per heavy atom. The maximum Gasteiger partial charge on any atom is 0.142 e. The zero-order valence-electron chi connectivity index (χ0n) is 10.0. The highest BCUT2D eigenvalue weighted by atomic mass is 79.9. The van der Waals surface area contributed by atoms with Gasteiger partial charge in [0.25, 0.3) is 0 Å². The van der Waals surface area contributed by atoms with E-state index in [4.69, 9.17) is 4.74 Å². The maximum atomic E-state index is 5.99. The zero-order valence-corrected chi connectivity index (χ0v) is 11.6. The van der Waals surface area contributed by atoms with Crippen LogP contribution in [0.1, 0.15) is 26.3 Å². The lowest BCUT2D eigenvalue weighted by molar-refractivity contribution is -0.131. The number of hydrogen-bond acceptors (Lipinski definition) is 2. The minimum Gasteiger partial charge on any atom is -0.356 e. The second-order valence-corrected chi connectivity index (χ2v) is 6.27. The van der Waals surface area contributed by atoms with E-state index in [1.807, 2.05) is 12.1 Å². The Kier molecular flexibility index (Phi) is 3.12. The standard InChI is InChI=1S/C13H18BrNO/c1-12(2)8-15-13(3,16-9-12)10-5-4-6-11(14)7-10/h4-7,15H,8-9H2,1-3H3. The predicted molar refractivity (Wildman–Crippen MR) is 69.2 cm³/mol. The van der Waals surface area contributed by atoms with Crippen molar-refractivity contribution in [3.8, 4) is 0 Å². The summed E-state index contributed by atoms with van der Waals surface area (Å²) in [4.78, 5) is 0. The Morgan fingerprint density at radius 2 is 2.06 bits per heavy atom. The molecule has 1 fully saturated rings. The van der Waals surface area contributed by atoms with E-state index in [-0.39, 0.29) is 11.1 Å². The molecule has 0 spiro atoms. The van der Waals surface area contributed by atoms with Crippen molar-refractivity contribution in [2.24, 2.45) is 5.41 Å². The van der Waals surface area contributed by atoms with Crippen LogP contribution in [0.15, 0.2) is 28.7 Å². The first-order valence-corrected chi connectivity index (χ1v) is 6.36. The molecule has 1 unspecified atom stereocenters. The van der Waals surface area contributed by atoms with Gasteiger partial charge in [-0.25, -0.2) is 0 Å². The molecule has 1 aromatic carbocycles. The van der Waals surface area contributed by atoms with E-state index in [1.54, 1.807) is 0 Å². The number of halogens is 1. The molecule has 0 saturated carbocycles. The van der Waals surface area contributed by atoms with Crippen LogP contribution in [-0.4, -0.2) is 13.2 Å². The van der Waals surface area contributed by atoms with Crippen LogP contribution in [0.2, 0.25) is 0 Å². The van der Waals surface area contributed by atoms with Crippen molar-refractivity contribution >= 4 is 15.9 Å². The van der Waals surface area contributed by atoms with Crippen molar-refractivity contribution in [3.05, 3.63) is 34.3 Å². The molecular formula is C13H18BrNO. The molecule has 1 heterocycles. The molecule has 2 nitrogen and oxygen atoms in total. The SMILES string of the molecule is CC1(C)CNC(C)(c2cccc(Br)c2)OC1. The average molecular weight is 284 g/mol. The average Bonchev–Trinajstić information content (AvgIpc) is 2.23. The van der Waals surface area contributed by atoms with E-state index < -0.39 is 0 Å². The third-order valence-corrected chi connectivity index (χ3v) is 3.52. The lowest BCUT2D eigenvalue weighted by Crippen LogP contribution is -2.53. The van der Waals surface area contributed by atoms with E-state index in [1.165, 1.54) is 0 Å². The smallest absolute Gasteiger partial charge is 0.142 e. The highest BCUT2D eigenvalue weighted by Crippen LogP contribution is 2.32. The molecule has 1 aromatic rings. The van der Waals surface area contributed by atoms with Gasteiger partial charge in [0.05, 0.1) is 6.61 Å². The summed E-state index contributed by atoms with van der Waals surface area (Å²) >= 11 is 3.49. The second kappa shape index (κ2) is 4.13. The number of ether oxygens (including phenoxy) is 1. The molecule has 0 radical (unpaired) electrons. The molecule has 1 N–H and O–H groups in total. The van der Waals surface area contributed by atoms with Crippen LogP contribution in [0.4, 0.5) is 0 Å². The molecule has 16 heavy (non-hydrogen) atoms. The van der Waals surface area contributed by atoms with Crippen molar-refractivity contribution in [1.82, 2.24) is 5.32 Å². The van der Waals surface area contributed by atoms with E-state index in [0.717, 1.165) is 23.2 Å². The van der Waals surface area contributed by atoms with Crippen LogP contribution >= 0.6 is 15.9 Å². The van der Waals surface area contributed by atoms with Gasteiger partial charge in [-0.3, -0.25) is 5.32 Å². The minimum atomic E-state index is -0.362. The molecule has 0 aromatic heterocycles. The molecule has 1 saturated heterocycles. The number of nitrogens with one attached hydrogen (secondary N) is 1. The van der Waals surface area contributed by atoms with Crippen molar-refractivity contribution in [2.75, 3.05) is 13.2 Å². The highest BCUT2D eigenvalue weighted by molar-refractivity contribution is 9.10. The van der Waals surface area contributed by atoms with Crippen LogP contribution in [-0.2, 0) is 10.5 Å². The summed E-state index contributed by atoms with van der Waals surface area (Å²) in [6.07, 6.45) is 0. The molecule has 88 valence electrons. The summed E-state index contributed by atoms with van der Waals surface area (Å²) in [5, 5.41) is 3.49. The van der Waals surface area contributed by atoms with Crippen LogP contribution in [0.25, 0.3) is 0 Å². The minimum absolute atomic E-state index is 0.214. The maximum absolute atomic E-state index is 5.99. The fourth-order valence-electron chi connectivity index (χ4n) is 1.82. The fraction of sp³-hybridized carbons (Fsp3) is 0.538. The van der Waals surface area contributed by atoms with Gasteiger partial charge in [-0.15, -0.1) is 0 Å². The van der Waals surface area contributed by atoms with Gasteiger partial charge in [0.15, 0.2) is 0 Å². The summed E-state index contributed by atoms with van der Waals surface area (Å²) in [6, 6.07) is 8.26. The zero-order chi connectivity index (χ0) is 11.8. The summed E-state index contributed by atoms with van der Waals surface area (Å²) in [5.41, 5.74) is 1.02. The number of rotatable bonds is 1. The largest absolute Gasteiger partial charge is 0.356 e. The fourth-order valence-corrected chi connectivity index (χ4v) is 2.22. The Labute approximate surface area is 106 Å². The topological polar surface area (TPSA) is 21.3 Å². The Morgan fingerprint density at radius 1 is 1.31 bits per heavy atom. The van der Waals surface area contributed by atoms with Crippen molar-refractivity contribution in [3.63, 3.8) is 0 Å². The molecule has 2 rings (SSSR count). The third kappa shape index (κ3) is 2.47. The van der Waals surface area contributed by atoms with Crippen molar-refractivity contribution < 1.29 is 4.74 Å². The van der Waals surface area contributed by atoms with Crippen molar-refractivity contribution in [2.45, 2.75) is 26.5 Å². The molecule has 1 atom stereocenters. The summed E-state index contributed by atoms with van der Waals surface area (Å²) in [5.74, 6) is 0. The van der Waals surface area contributed by atoms with Crippen molar-refractivity contribution in [1.29, 1.82) is 0 Å². The van der Waals surface area contributed by atoms with Gasteiger partial charge < -0.3 is 4.74 Å². The van der Waals surface area contributed by atoms with E-state index >= 15 is 0 Å². The first-order chi connectivity index (χ1) is 7.41. The Balaban J connectivity index is 2.21. The van der Waals surface area contributed by atoms with E-state index in [0.29, 0.717) is 0 Å². The molecule has 0 aliphatic carbocycles. The lowest BCUT2D eigenvalue weighted by Gasteiger charge is -2.42. The van der Waals surface area contributed by atoms with Crippen LogP contribution < -0.4 is 5.32 Å². The molecule has 3 heteroatoms. The van der Waals surface area contributed by atoms with Gasteiger partial charge in [0.1, 0.15) is 5.72 Å². The molecule has 1 aliphatic heterocycles. The summed E-state index contributed by atoms with van der Waals surface area (Å²) in [6.45, 7) is 8.25. The molecule has 0 bridgehead atoms. The predicted octanol–water partition coefficient (Wildman–Crippen LogP) is 3.27. The number of hydrogen-bond donors (Lipinski definition) is 1. The first-order valence-electron chi connectivity index (χ1n) is 5.56. The van der Waals surface area contributed by atoms with Gasteiger partial charge >= 0.3 is 0 Å². The monoisotopic (exact) mass is 283 g/mol. The third-order valence-electron chi connectivity index (χ3n) is 3.03. The normalized spacial score (nSPS) is 29.0. The van der Waals surface area contributed by atoms with Crippen LogP contribution in [0, 0.1) is 5.41 Å². The quantitative estimate of drug-likeness (QED) is 0.854. The Bertz CT molecular complexity index is 379. The van der Waals surface area contributed by atoms with E-state index in [9.17, 15) is 0 Å². The summed E-state index contributed by atoms with van der Waals surface area (Å²) in [7, 11) is 0. The van der Waals surface area contributed by atoms with Gasteiger partial charge in [0.2, 0.25) is 0 Å². The molecular weight excluding hydrogens is 266 g/mol. The second-order valence-electron chi connectivity index (χ2n) is 5.35.